The van der Waals surface area contributed by atoms with Crippen molar-refractivity contribution < 1.29 is 0 Å². The highest BCUT2D eigenvalue weighted by molar-refractivity contribution is 6.31. The maximum Gasteiger partial charge on any atom is 0.160 e. The van der Waals surface area contributed by atoms with Crippen LogP contribution in [0.4, 0.5) is 0 Å². The van der Waals surface area contributed by atoms with E-state index < -0.39 is 0 Å². The number of rotatable bonds is 0. The van der Waals surface area contributed by atoms with E-state index >= 15 is 0 Å². The normalized spacial score (nSPS) is 16.7. The van der Waals surface area contributed by atoms with Crippen LogP contribution < -0.4 is 10.7 Å². The second-order valence-electron chi connectivity index (χ2n) is 4.39. The number of halogens is 1. The van der Waals surface area contributed by atoms with E-state index in [0.717, 1.165) is 32.7 Å². The van der Waals surface area contributed by atoms with Crippen molar-refractivity contribution in [3.63, 3.8) is 0 Å². The average molecular weight is 258 g/mol. The first-order chi connectivity index (χ1) is 8.63. The molecule has 3 rings (SSSR count). The predicted molar refractivity (Wildman–Crippen MR) is 71.6 cm³/mol. The van der Waals surface area contributed by atoms with E-state index in [2.05, 4.69) is 9.98 Å². The van der Waals surface area contributed by atoms with E-state index in [9.17, 15) is 0 Å². The molecule has 2 aliphatic rings. The van der Waals surface area contributed by atoms with Gasteiger partial charge in [-0.3, -0.25) is 0 Å². The van der Waals surface area contributed by atoms with E-state index in [-0.39, 0.29) is 0 Å². The molecule has 0 unspecified atom stereocenters. The largest absolute Gasteiger partial charge is 0.357 e. The van der Waals surface area contributed by atoms with Crippen molar-refractivity contribution in [2.75, 3.05) is 7.05 Å². The molecule has 0 radical (unpaired) electrons. The minimum Gasteiger partial charge on any atom is -0.357 e. The fourth-order valence-corrected chi connectivity index (χ4v) is 2.03. The van der Waals surface area contributed by atoms with E-state index in [1.807, 2.05) is 55.6 Å². The number of allylic oxidation sites excluding steroid dienone is 3. The lowest BCUT2D eigenvalue weighted by molar-refractivity contribution is 0.619. The summed E-state index contributed by atoms with van der Waals surface area (Å²) in [6.45, 7) is 1.97. The summed E-state index contributed by atoms with van der Waals surface area (Å²) in [5.41, 5.74) is 2.04. The lowest BCUT2D eigenvalue weighted by Crippen LogP contribution is -2.21. The van der Waals surface area contributed by atoms with Crippen LogP contribution in [-0.4, -0.2) is 11.9 Å². The van der Waals surface area contributed by atoms with Crippen LogP contribution in [0.25, 0.3) is 0 Å². The first-order valence-corrected chi connectivity index (χ1v) is 6.07. The Morgan fingerprint density at radius 1 is 1.06 bits per heavy atom. The fraction of sp³-hybridized carbons (Fsp3) is 0.143. The molecule has 0 N–H and O–H groups in total. The molecular formula is C14H12ClN3. The van der Waals surface area contributed by atoms with Gasteiger partial charge in [-0.15, -0.1) is 0 Å². The average Bonchev–Trinajstić information content (AvgIpc) is 2.73. The zero-order chi connectivity index (χ0) is 12.7. The molecule has 2 heterocycles. The molecule has 0 bridgehead atoms. The van der Waals surface area contributed by atoms with Crippen LogP contribution in [0.3, 0.4) is 0 Å². The van der Waals surface area contributed by atoms with Crippen molar-refractivity contribution in [3.05, 3.63) is 69.4 Å². The van der Waals surface area contributed by atoms with Crippen molar-refractivity contribution >= 4 is 11.6 Å². The molecule has 0 saturated heterocycles. The second kappa shape index (κ2) is 4.10. The molecule has 0 saturated carbocycles. The number of hydrogen-bond donors (Lipinski definition) is 0. The van der Waals surface area contributed by atoms with Gasteiger partial charge < -0.3 is 4.90 Å². The highest BCUT2D eigenvalue weighted by Gasteiger charge is 2.09. The molecule has 0 aromatic heterocycles. The molecule has 3 nitrogen and oxygen atoms in total. The van der Waals surface area contributed by atoms with Crippen LogP contribution in [0.2, 0.25) is 5.02 Å². The van der Waals surface area contributed by atoms with Crippen molar-refractivity contribution in [3.8, 4) is 0 Å². The Kier molecular flexibility index (Phi) is 2.56. The summed E-state index contributed by atoms with van der Waals surface area (Å²) >= 11 is 6.09. The Morgan fingerprint density at radius 2 is 1.67 bits per heavy atom. The standard InChI is InChI=1S/C14H12ClN3/c1-9-7-12-13(8-11(9)15)17-14(16-12)10-3-5-18(2)6-4-10/h3-8H,1-2H3. The van der Waals surface area contributed by atoms with Gasteiger partial charge in [0.15, 0.2) is 5.82 Å². The monoisotopic (exact) mass is 257 g/mol. The predicted octanol–water partition coefficient (Wildman–Crippen LogP) is 2.09. The molecule has 18 heavy (non-hydrogen) atoms. The van der Waals surface area contributed by atoms with Crippen molar-refractivity contribution in [2.24, 2.45) is 9.98 Å². The molecule has 0 amide bonds. The number of fused-ring (bicyclic) bond motifs is 1. The summed E-state index contributed by atoms with van der Waals surface area (Å²) in [4.78, 5) is 11.0. The summed E-state index contributed by atoms with van der Waals surface area (Å²) in [5, 5.41) is 2.46. The first-order valence-electron chi connectivity index (χ1n) is 5.70. The fourth-order valence-electron chi connectivity index (χ4n) is 1.87. The van der Waals surface area contributed by atoms with Gasteiger partial charge in [-0.2, -0.15) is 0 Å². The second-order valence-corrected chi connectivity index (χ2v) is 4.80. The molecule has 1 aromatic rings. The van der Waals surface area contributed by atoms with Crippen LogP contribution >= 0.6 is 11.6 Å². The van der Waals surface area contributed by atoms with Crippen LogP contribution in [0.5, 0.6) is 0 Å². The van der Waals surface area contributed by atoms with Gasteiger partial charge in [-0.25, -0.2) is 9.98 Å². The summed E-state index contributed by atoms with van der Waals surface area (Å²) in [6.07, 6.45) is 7.97. The van der Waals surface area contributed by atoms with Gasteiger partial charge in [0.05, 0.1) is 10.7 Å². The Hall–Kier alpha value is -1.87. The summed E-state index contributed by atoms with van der Waals surface area (Å²) in [7, 11) is 1.98. The van der Waals surface area contributed by atoms with Crippen LogP contribution in [0.15, 0.2) is 58.1 Å². The molecule has 1 aromatic carbocycles. The Labute approximate surface area is 110 Å². The van der Waals surface area contributed by atoms with E-state index in [1.54, 1.807) is 0 Å². The number of aryl methyl sites for hydroxylation is 1. The zero-order valence-corrected chi connectivity index (χ0v) is 10.9. The maximum absolute atomic E-state index is 6.09. The maximum atomic E-state index is 6.09. The van der Waals surface area contributed by atoms with Gasteiger partial charge in [0.2, 0.25) is 0 Å². The highest BCUT2D eigenvalue weighted by Crippen LogP contribution is 2.17. The summed E-state index contributed by atoms with van der Waals surface area (Å²) < 4.78 is 0. The molecule has 2 aliphatic heterocycles. The van der Waals surface area contributed by atoms with Crippen molar-refractivity contribution in [1.29, 1.82) is 0 Å². The van der Waals surface area contributed by atoms with Gasteiger partial charge in [0.1, 0.15) is 0 Å². The highest BCUT2D eigenvalue weighted by atomic mass is 35.5. The number of nitrogens with zero attached hydrogens (tertiary/aromatic N) is 3. The smallest absolute Gasteiger partial charge is 0.160 e. The topological polar surface area (TPSA) is 28.0 Å². The van der Waals surface area contributed by atoms with E-state index in [1.165, 1.54) is 0 Å². The summed E-state index contributed by atoms with van der Waals surface area (Å²) in [6, 6.07) is 3.84. The third-order valence-corrected chi connectivity index (χ3v) is 3.35. The third-order valence-electron chi connectivity index (χ3n) is 2.95. The molecule has 4 heteroatoms. The van der Waals surface area contributed by atoms with Crippen molar-refractivity contribution in [2.45, 2.75) is 6.92 Å². The number of benzene rings is 1. The van der Waals surface area contributed by atoms with E-state index in [0.29, 0.717) is 0 Å². The molecular weight excluding hydrogens is 246 g/mol. The minimum absolute atomic E-state index is 0.730. The molecule has 0 atom stereocenters. The van der Waals surface area contributed by atoms with Gasteiger partial charge >= 0.3 is 0 Å². The van der Waals surface area contributed by atoms with E-state index in [4.69, 9.17) is 11.6 Å². The lowest BCUT2D eigenvalue weighted by Gasteiger charge is -2.11. The van der Waals surface area contributed by atoms with Crippen molar-refractivity contribution in [1.82, 2.24) is 4.90 Å². The molecule has 90 valence electrons. The number of hydrogen-bond acceptors (Lipinski definition) is 3. The SMILES string of the molecule is Cc1cc2c(cc1Cl)=NC(=C1C=CN(C)C=C1)N=2. The van der Waals surface area contributed by atoms with Gasteiger partial charge in [0.25, 0.3) is 0 Å². The van der Waals surface area contributed by atoms with Crippen LogP contribution in [0, 0.1) is 6.92 Å². The van der Waals surface area contributed by atoms with Crippen LogP contribution in [0.1, 0.15) is 5.56 Å². The molecule has 0 aliphatic carbocycles. The first kappa shape index (κ1) is 11.2. The quantitative estimate of drug-likeness (QED) is 0.699. The summed E-state index contributed by atoms with van der Waals surface area (Å²) in [5.74, 6) is 0.743. The van der Waals surface area contributed by atoms with Gasteiger partial charge in [-0.05, 0) is 36.8 Å². The zero-order valence-electron chi connectivity index (χ0n) is 10.2. The molecule has 0 fully saturated rings. The lowest BCUT2D eigenvalue weighted by atomic mass is 10.2. The van der Waals surface area contributed by atoms with Crippen LogP contribution in [-0.2, 0) is 0 Å². The Balaban J connectivity index is 2.15. The Bertz CT molecular complexity index is 667. The Morgan fingerprint density at radius 3 is 2.33 bits per heavy atom. The minimum atomic E-state index is 0.730. The molecule has 0 spiro atoms. The van der Waals surface area contributed by atoms with Gasteiger partial charge in [0, 0.05) is 30.0 Å². The third kappa shape index (κ3) is 1.87. The van der Waals surface area contributed by atoms with Gasteiger partial charge in [-0.1, -0.05) is 11.6 Å².